The fraction of sp³-hybridized carbons (Fsp3) is 0.667. The Morgan fingerprint density at radius 1 is 1.33 bits per heavy atom. The van der Waals surface area contributed by atoms with Crippen LogP contribution in [0, 0.1) is 19.8 Å². The first-order valence-electron chi connectivity index (χ1n) is 7.48. The van der Waals surface area contributed by atoms with Gasteiger partial charge in [0, 0.05) is 4.88 Å². The molecule has 1 spiro atoms. The highest BCUT2D eigenvalue weighted by Gasteiger charge is 2.53. The van der Waals surface area contributed by atoms with Gasteiger partial charge in [-0.3, -0.25) is 10.1 Å². The smallest absolute Gasteiger partial charge is 0.303 e. The number of nitrogens with zero attached hydrogens (tertiary/aromatic N) is 2. The molecule has 1 N–H and O–H groups in total. The Labute approximate surface area is 128 Å². The summed E-state index contributed by atoms with van der Waals surface area (Å²) in [6, 6.07) is -0.264. The fourth-order valence-electron chi connectivity index (χ4n) is 3.30. The number of aryl methyl sites for hydroxylation is 2. The Bertz CT molecular complexity index is 568. The number of hydrogen-bond acceptors (Lipinski definition) is 4. The normalized spacial score (nSPS) is 29.3. The van der Waals surface area contributed by atoms with E-state index in [2.05, 4.69) is 17.2 Å². The largest absolute Gasteiger partial charge is 0.325 e. The van der Waals surface area contributed by atoms with Gasteiger partial charge in [0.25, 0.3) is 5.91 Å². The summed E-state index contributed by atoms with van der Waals surface area (Å²) >= 11 is 1.61. The lowest BCUT2D eigenvalue weighted by molar-refractivity contribution is -0.128. The zero-order chi connectivity index (χ0) is 15.2. The molecule has 1 saturated carbocycles. The second-order valence-electron chi connectivity index (χ2n) is 6.31. The molecule has 0 unspecified atom stereocenters. The zero-order valence-corrected chi connectivity index (χ0v) is 13.5. The number of imide groups is 1. The molecule has 2 fully saturated rings. The molecule has 0 atom stereocenters. The SMILES string of the molecule is Cc1nc(CN2C(=O)NC(=O)C23CCC(C)CC3)sc1C. The number of carbonyl (C=O) groups excluding carboxylic acids is 2. The summed E-state index contributed by atoms with van der Waals surface area (Å²) in [6.45, 7) is 6.65. The maximum atomic E-state index is 12.4. The lowest BCUT2D eigenvalue weighted by Crippen LogP contribution is -2.51. The fourth-order valence-corrected chi connectivity index (χ4v) is 4.22. The van der Waals surface area contributed by atoms with Crippen LogP contribution >= 0.6 is 11.3 Å². The van der Waals surface area contributed by atoms with E-state index in [9.17, 15) is 9.59 Å². The first-order chi connectivity index (χ1) is 9.92. The molecule has 3 rings (SSSR count). The minimum atomic E-state index is -0.642. The van der Waals surface area contributed by atoms with Crippen LogP contribution in [-0.4, -0.2) is 27.4 Å². The van der Waals surface area contributed by atoms with E-state index in [1.807, 2.05) is 13.8 Å². The van der Waals surface area contributed by atoms with Crippen LogP contribution in [0.5, 0.6) is 0 Å². The molecule has 1 saturated heterocycles. The second-order valence-corrected chi connectivity index (χ2v) is 7.60. The maximum Gasteiger partial charge on any atom is 0.325 e. The highest BCUT2D eigenvalue weighted by molar-refractivity contribution is 7.11. The maximum absolute atomic E-state index is 12.4. The monoisotopic (exact) mass is 307 g/mol. The number of aromatic nitrogens is 1. The Hall–Kier alpha value is -1.43. The highest BCUT2D eigenvalue weighted by atomic mass is 32.1. The first-order valence-corrected chi connectivity index (χ1v) is 8.30. The van der Waals surface area contributed by atoms with E-state index in [1.165, 1.54) is 4.88 Å². The number of urea groups is 1. The van der Waals surface area contributed by atoms with Crippen molar-refractivity contribution in [1.82, 2.24) is 15.2 Å². The van der Waals surface area contributed by atoms with Gasteiger partial charge in [-0.2, -0.15) is 0 Å². The van der Waals surface area contributed by atoms with Crippen LogP contribution in [0.15, 0.2) is 0 Å². The molecule has 6 heteroatoms. The zero-order valence-electron chi connectivity index (χ0n) is 12.7. The third-order valence-electron chi connectivity index (χ3n) is 4.87. The number of rotatable bonds is 2. The van der Waals surface area contributed by atoms with Crippen LogP contribution in [0.1, 0.15) is 48.2 Å². The summed E-state index contributed by atoms with van der Waals surface area (Å²) < 4.78 is 0. The van der Waals surface area contributed by atoms with E-state index in [0.29, 0.717) is 12.5 Å². The number of thiazole rings is 1. The first kappa shape index (κ1) is 14.5. The van der Waals surface area contributed by atoms with E-state index in [-0.39, 0.29) is 11.9 Å². The molecule has 2 heterocycles. The van der Waals surface area contributed by atoms with Gasteiger partial charge in [0.1, 0.15) is 10.5 Å². The van der Waals surface area contributed by atoms with Crippen molar-refractivity contribution in [3.8, 4) is 0 Å². The summed E-state index contributed by atoms with van der Waals surface area (Å²) in [5.74, 6) is 0.509. The average Bonchev–Trinajstić information content (AvgIpc) is 2.86. The van der Waals surface area contributed by atoms with Crippen LogP contribution in [-0.2, 0) is 11.3 Å². The van der Waals surface area contributed by atoms with E-state index < -0.39 is 5.54 Å². The van der Waals surface area contributed by atoms with Crippen LogP contribution in [0.25, 0.3) is 0 Å². The van der Waals surface area contributed by atoms with Gasteiger partial charge in [-0.25, -0.2) is 9.78 Å². The highest BCUT2D eigenvalue weighted by Crippen LogP contribution is 2.40. The molecule has 1 aromatic heterocycles. The minimum Gasteiger partial charge on any atom is -0.303 e. The van der Waals surface area contributed by atoms with Gasteiger partial charge < -0.3 is 4.90 Å². The Kier molecular flexibility index (Phi) is 3.51. The quantitative estimate of drug-likeness (QED) is 0.855. The lowest BCUT2D eigenvalue weighted by Gasteiger charge is -2.39. The van der Waals surface area contributed by atoms with Crippen molar-refractivity contribution in [3.05, 3.63) is 15.6 Å². The van der Waals surface area contributed by atoms with Crippen LogP contribution in [0.4, 0.5) is 4.79 Å². The van der Waals surface area contributed by atoms with Gasteiger partial charge in [-0.05, 0) is 45.4 Å². The van der Waals surface area contributed by atoms with Crippen molar-refractivity contribution in [2.45, 2.75) is 58.5 Å². The minimum absolute atomic E-state index is 0.121. The molecule has 0 bridgehead atoms. The topological polar surface area (TPSA) is 62.3 Å². The van der Waals surface area contributed by atoms with Crippen molar-refractivity contribution < 1.29 is 9.59 Å². The van der Waals surface area contributed by atoms with Gasteiger partial charge in [-0.15, -0.1) is 11.3 Å². The summed E-state index contributed by atoms with van der Waals surface area (Å²) in [6.07, 6.45) is 3.50. The average molecular weight is 307 g/mol. The van der Waals surface area contributed by atoms with Crippen LogP contribution in [0.2, 0.25) is 0 Å². The lowest BCUT2D eigenvalue weighted by atomic mass is 9.76. The number of amides is 3. The number of hydrogen-bond donors (Lipinski definition) is 1. The summed E-state index contributed by atoms with van der Waals surface area (Å²) in [7, 11) is 0. The van der Waals surface area contributed by atoms with Gasteiger partial charge in [0.15, 0.2) is 0 Å². The molecule has 0 aromatic carbocycles. The predicted molar refractivity (Wildman–Crippen MR) is 81.0 cm³/mol. The molecule has 5 nitrogen and oxygen atoms in total. The molecule has 1 aliphatic heterocycles. The molecular formula is C15H21N3O2S. The van der Waals surface area contributed by atoms with Gasteiger partial charge in [0.05, 0.1) is 12.2 Å². The van der Waals surface area contributed by atoms with E-state index in [1.54, 1.807) is 16.2 Å². The van der Waals surface area contributed by atoms with E-state index >= 15 is 0 Å². The van der Waals surface area contributed by atoms with Gasteiger partial charge in [0.2, 0.25) is 0 Å². The molecule has 1 aromatic rings. The van der Waals surface area contributed by atoms with E-state index in [4.69, 9.17) is 0 Å². The van der Waals surface area contributed by atoms with Crippen molar-refractivity contribution in [3.63, 3.8) is 0 Å². The Morgan fingerprint density at radius 2 is 2.00 bits per heavy atom. The van der Waals surface area contributed by atoms with Crippen LogP contribution < -0.4 is 5.32 Å². The second kappa shape index (κ2) is 5.09. The van der Waals surface area contributed by atoms with Crippen molar-refractivity contribution in [1.29, 1.82) is 0 Å². The molecule has 21 heavy (non-hydrogen) atoms. The Balaban J connectivity index is 1.87. The van der Waals surface area contributed by atoms with Crippen molar-refractivity contribution in [2.75, 3.05) is 0 Å². The van der Waals surface area contributed by atoms with E-state index in [0.717, 1.165) is 36.4 Å². The standard InChI is InChI=1S/C15H21N3O2S/c1-9-4-6-15(7-5-9)13(19)17-14(20)18(15)8-12-16-10(2)11(3)21-12/h9H,4-8H2,1-3H3,(H,17,19,20). The third-order valence-corrected chi connectivity index (χ3v) is 5.93. The predicted octanol–water partition coefficient (Wildman–Crippen LogP) is 2.76. The van der Waals surface area contributed by atoms with Crippen LogP contribution in [0.3, 0.4) is 0 Å². The Morgan fingerprint density at radius 3 is 2.57 bits per heavy atom. The number of carbonyl (C=O) groups is 2. The van der Waals surface area contributed by atoms with Gasteiger partial charge in [-0.1, -0.05) is 6.92 Å². The summed E-state index contributed by atoms with van der Waals surface area (Å²) in [5.41, 5.74) is 0.365. The van der Waals surface area contributed by atoms with Crippen molar-refractivity contribution in [2.24, 2.45) is 5.92 Å². The molecular weight excluding hydrogens is 286 g/mol. The third kappa shape index (κ3) is 2.35. The van der Waals surface area contributed by atoms with Gasteiger partial charge >= 0.3 is 6.03 Å². The molecule has 2 aliphatic rings. The summed E-state index contributed by atoms with van der Waals surface area (Å²) in [5, 5.41) is 3.42. The number of nitrogens with one attached hydrogen (secondary N) is 1. The molecule has 3 amide bonds. The molecule has 1 aliphatic carbocycles. The molecule has 0 radical (unpaired) electrons. The summed E-state index contributed by atoms with van der Waals surface area (Å²) in [4.78, 5) is 32.0. The molecule has 114 valence electrons. The van der Waals surface area contributed by atoms with Crippen molar-refractivity contribution >= 4 is 23.3 Å².